The summed E-state index contributed by atoms with van der Waals surface area (Å²) in [4.78, 5) is 4.34. The van der Waals surface area contributed by atoms with Gasteiger partial charge in [-0.15, -0.1) is 0 Å². The molecule has 0 spiro atoms. The van der Waals surface area contributed by atoms with Gasteiger partial charge in [0.2, 0.25) is 0 Å². The Labute approximate surface area is 70.9 Å². The summed E-state index contributed by atoms with van der Waals surface area (Å²) in [7, 11) is 0. The molecule has 0 aromatic rings. The summed E-state index contributed by atoms with van der Waals surface area (Å²) in [6.07, 6.45) is 7.42. The molecule has 60 valence electrons. The van der Waals surface area contributed by atoms with Crippen molar-refractivity contribution in [3.63, 3.8) is 0 Å². The number of thioether (sulfide) groups is 1. The summed E-state index contributed by atoms with van der Waals surface area (Å²) in [5, 5.41) is 11.6. The summed E-state index contributed by atoms with van der Waals surface area (Å²) in [5.74, 6) is 0. The molecular formula is C7H11N3S. The van der Waals surface area contributed by atoms with Crippen molar-refractivity contribution in [2.45, 2.75) is 25.3 Å². The van der Waals surface area contributed by atoms with Crippen molar-refractivity contribution in [3.05, 3.63) is 0 Å². The van der Waals surface area contributed by atoms with E-state index in [1.165, 1.54) is 31.0 Å². The van der Waals surface area contributed by atoms with E-state index in [0.717, 1.165) is 5.17 Å². The minimum atomic E-state index is 0.471. The lowest BCUT2D eigenvalue weighted by molar-refractivity contribution is 0.420. The van der Waals surface area contributed by atoms with Crippen LogP contribution in [0.2, 0.25) is 0 Å². The van der Waals surface area contributed by atoms with Crippen molar-refractivity contribution in [2.24, 2.45) is 4.99 Å². The molecule has 0 saturated heterocycles. The molecule has 1 rings (SSSR count). The maximum Gasteiger partial charge on any atom is 0.183 e. The Morgan fingerprint density at radius 1 is 1.73 bits per heavy atom. The second-order valence-electron chi connectivity index (χ2n) is 2.46. The van der Waals surface area contributed by atoms with Gasteiger partial charge in [-0.05, 0) is 25.5 Å². The van der Waals surface area contributed by atoms with E-state index in [1.807, 2.05) is 12.4 Å². The standard InChI is InChI=1S/C7H11N3S/c1-11-7(9-5-8)10-6-3-2-4-6/h6H,2-4H2,1H3,(H,9,10). The van der Waals surface area contributed by atoms with Crippen LogP contribution in [0.3, 0.4) is 0 Å². The molecule has 1 saturated carbocycles. The Morgan fingerprint density at radius 3 is 2.82 bits per heavy atom. The molecule has 4 heteroatoms. The summed E-state index contributed by atoms with van der Waals surface area (Å²) in [6.45, 7) is 0. The molecule has 0 bridgehead atoms. The highest BCUT2D eigenvalue weighted by molar-refractivity contribution is 8.13. The maximum absolute atomic E-state index is 8.32. The monoisotopic (exact) mass is 169 g/mol. The Hall–Kier alpha value is -0.690. The fraction of sp³-hybridized carbons (Fsp3) is 0.714. The molecule has 1 N–H and O–H groups in total. The first-order chi connectivity index (χ1) is 5.36. The molecule has 0 amide bonds. The van der Waals surface area contributed by atoms with Crippen LogP contribution in [0.15, 0.2) is 4.99 Å². The van der Waals surface area contributed by atoms with E-state index in [2.05, 4.69) is 10.3 Å². The van der Waals surface area contributed by atoms with E-state index in [9.17, 15) is 0 Å². The van der Waals surface area contributed by atoms with Crippen molar-refractivity contribution in [3.8, 4) is 6.19 Å². The topological polar surface area (TPSA) is 48.2 Å². The fourth-order valence-corrected chi connectivity index (χ4v) is 1.27. The van der Waals surface area contributed by atoms with Crippen molar-refractivity contribution in [2.75, 3.05) is 6.26 Å². The average molecular weight is 169 g/mol. The first kappa shape index (κ1) is 8.41. The van der Waals surface area contributed by atoms with Crippen LogP contribution in [0, 0.1) is 11.5 Å². The molecule has 0 aromatic heterocycles. The van der Waals surface area contributed by atoms with Gasteiger partial charge in [-0.2, -0.15) is 5.26 Å². The summed E-state index contributed by atoms with van der Waals surface area (Å²) < 4.78 is 0. The van der Waals surface area contributed by atoms with Crippen molar-refractivity contribution < 1.29 is 0 Å². The number of rotatable bonds is 1. The highest BCUT2D eigenvalue weighted by Gasteiger charge is 2.16. The van der Waals surface area contributed by atoms with E-state index < -0.39 is 0 Å². The molecule has 1 fully saturated rings. The average Bonchev–Trinajstić information content (AvgIpc) is 1.94. The fourth-order valence-electron chi connectivity index (χ4n) is 0.865. The van der Waals surface area contributed by atoms with E-state index in [4.69, 9.17) is 5.26 Å². The van der Waals surface area contributed by atoms with Gasteiger partial charge in [-0.1, -0.05) is 11.8 Å². The van der Waals surface area contributed by atoms with Gasteiger partial charge in [-0.25, -0.2) is 0 Å². The van der Waals surface area contributed by atoms with Gasteiger partial charge < -0.3 is 0 Å². The van der Waals surface area contributed by atoms with Gasteiger partial charge in [0, 0.05) is 0 Å². The van der Waals surface area contributed by atoms with E-state index in [-0.39, 0.29) is 0 Å². The summed E-state index contributed by atoms with van der Waals surface area (Å²) >= 11 is 1.49. The van der Waals surface area contributed by atoms with Crippen LogP contribution in [-0.4, -0.2) is 17.5 Å². The summed E-state index contributed by atoms with van der Waals surface area (Å²) in [5.41, 5.74) is 0. The van der Waals surface area contributed by atoms with Crippen LogP contribution in [-0.2, 0) is 0 Å². The Morgan fingerprint density at radius 2 is 2.45 bits per heavy atom. The predicted octanol–water partition coefficient (Wildman–Crippen LogP) is 1.33. The first-order valence-corrected chi connectivity index (χ1v) is 4.86. The minimum Gasteiger partial charge on any atom is -0.272 e. The molecule has 11 heavy (non-hydrogen) atoms. The molecule has 0 atom stereocenters. The minimum absolute atomic E-state index is 0.471. The van der Waals surface area contributed by atoms with E-state index in [1.54, 1.807) is 0 Å². The molecule has 3 nitrogen and oxygen atoms in total. The second-order valence-corrected chi connectivity index (χ2v) is 3.25. The number of nitrogens with one attached hydrogen (secondary N) is 1. The molecule has 0 unspecified atom stereocenters. The van der Waals surface area contributed by atoms with Gasteiger partial charge >= 0.3 is 0 Å². The molecule has 0 heterocycles. The lowest BCUT2D eigenvalue weighted by atomic mass is 9.94. The van der Waals surface area contributed by atoms with Gasteiger partial charge in [0.1, 0.15) is 0 Å². The predicted molar refractivity (Wildman–Crippen MR) is 47.3 cm³/mol. The second kappa shape index (κ2) is 4.24. The van der Waals surface area contributed by atoms with Gasteiger partial charge in [0.05, 0.1) is 6.04 Å². The molecule has 0 aromatic carbocycles. The van der Waals surface area contributed by atoms with Crippen molar-refractivity contribution in [1.29, 1.82) is 5.26 Å². The Kier molecular flexibility index (Phi) is 3.24. The first-order valence-electron chi connectivity index (χ1n) is 3.63. The third-order valence-electron chi connectivity index (χ3n) is 1.73. The molecule has 1 aliphatic carbocycles. The molecular weight excluding hydrogens is 158 g/mol. The highest BCUT2D eigenvalue weighted by Crippen LogP contribution is 2.22. The largest absolute Gasteiger partial charge is 0.272 e. The molecule has 0 radical (unpaired) electrons. The van der Waals surface area contributed by atoms with Crippen LogP contribution in [0.5, 0.6) is 0 Å². The van der Waals surface area contributed by atoms with Crippen LogP contribution in [0.1, 0.15) is 19.3 Å². The smallest absolute Gasteiger partial charge is 0.183 e. The maximum atomic E-state index is 8.32. The highest BCUT2D eigenvalue weighted by atomic mass is 32.2. The number of hydrogen-bond donors (Lipinski definition) is 1. The Bertz CT molecular complexity index is 190. The number of nitriles is 1. The van der Waals surface area contributed by atoms with Crippen LogP contribution in [0.25, 0.3) is 0 Å². The van der Waals surface area contributed by atoms with Gasteiger partial charge in [0.15, 0.2) is 11.4 Å². The zero-order valence-electron chi connectivity index (χ0n) is 6.50. The van der Waals surface area contributed by atoms with Gasteiger partial charge in [-0.3, -0.25) is 10.3 Å². The van der Waals surface area contributed by atoms with Crippen LogP contribution in [0.4, 0.5) is 0 Å². The normalized spacial score (nSPS) is 18.7. The third-order valence-corrected chi connectivity index (χ3v) is 2.32. The molecule has 0 aliphatic heterocycles. The quantitative estimate of drug-likeness (QED) is 0.279. The zero-order chi connectivity index (χ0) is 8.10. The SMILES string of the molecule is CSC(=NC1CCC1)NC#N. The summed E-state index contributed by atoms with van der Waals surface area (Å²) in [6, 6.07) is 0.471. The lowest BCUT2D eigenvalue weighted by Crippen LogP contribution is -2.21. The van der Waals surface area contributed by atoms with Crippen LogP contribution < -0.4 is 5.32 Å². The molecule has 1 aliphatic rings. The lowest BCUT2D eigenvalue weighted by Gasteiger charge is -2.21. The van der Waals surface area contributed by atoms with Gasteiger partial charge in [0.25, 0.3) is 0 Å². The van der Waals surface area contributed by atoms with E-state index in [0.29, 0.717) is 6.04 Å². The number of hydrogen-bond acceptors (Lipinski definition) is 3. The Balaban J connectivity index is 2.39. The van der Waals surface area contributed by atoms with Crippen molar-refractivity contribution in [1.82, 2.24) is 5.32 Å². The van der Waals surface area contributed by atoms with E-state index >= 15 is 0 Å². The van der Waals surface area contributed by atoms with Crippen molar-refractivity contribution >= 4 is 16.9 Å². The van der Waals surface area contributed by atoms with Crippen LogP contribution >= 0.6 is 11.8 Å². The zero-order valence-corrected chi connectivity index (χ0v) is 7.32. The third kappa shape index (κ3) is 2.43. The number of amidine groups is 1. The number of aliphatic imine (C=N–C) groups is 1. The number of nitrogens with zero attached hydrogens (tertiary/aromatic N) is 2.